The molecule has 0 atom stereocenters. The summed E-state index contributed by atoms with van der Waals surface area (Å²) in [5, 5.41) is 36.6. The largest absolute Gasteiger partial charge is 0.454 e. The second-order valence-corrected chi connectivity index (χ2v) is 19.6. The third-order valence-electron chi connectivity index (χ3n) is 15.9. The Morgan fingerprint density at radius 3 is 1.01 bits per heavy atom. The van der Waals surface area contributed by atoms with E-state index in [9.17, 15) is 10.5 Å². The molecule has 0 bridgehead atoms. The Bertz CT molecular complexity index is 5510. The summed E-state index contributed by atoms with van der Waals surface area (Å²) in [6.07, 6.45) is 0. The van der Waals surface area contributed by atoms with Gasteiger partial charge in [0.15, 0.2) is 16.7 Å². The van der Waals surface area contributed by atoms with Gasteiger partial charge in [0.05, 0.1) is 55.7 Å². The minimum Gasteiger partial charge on any atom is -0.454 e. The lowest BCUT2D eigenvalue weighted by Gasteiger charge is -2.26. The Labute approximate surface area is 430 Å². The zero-order valence-electron chi connectivity index (χ0n) is 40.2. The molecule has 6 heterocycles. The van der Waals surface area contributed by atoms with E-state index in [-0.39, 0.29) is 5.56 Å². The molecule has 0 aliphatic carbocycles. The Hall–Kier alpha value is -10.8. The summed E-state index contributed by atoms with van der Waals surface area (Å²) in [5.74, 6) is 0. The van der Waals surface area contributed by atoms with Gasteiger partial charge in [0.25, 0.3) is 0 Å². The summed E-state index contributed by atoms with van der Waals surface area (Å²) in [6, 6.07) is 78.1. The number of aromatic nitrogens is 3. The van der Waals surface area contributed by atoms with Crippen molar-refractivity contribution < 1.29 is 13.3 Å². The lowest BCUT2D eigenvalue weighted by molar-refractivity contribution is 0.670. The van der Waals surface area contributed by atoms with Crippen LogP contribution in [0.15, 0.2) is 226 Å². The topological polar surface area (TPSA) is 102 Å². The first kappa shape index (κ1) is 40.8. The van der Waals surface area contributed by atoms with Crippen molar-refractivity contribution in [2.75, 3.05) is 0 Å². The monoisotopic (exact) mass is 969 g/mol. The van der Waals surface area contributed by atoms with Crippen LogP contribution in [0.1, 0.15) is 11.1 Å². The number of para-hydroxylation sites is 6. The number of benzene rings is 11. The molecule has 0 aliphatic rings. The zero-order valence-corrected chi connectivity index (χ0v) is 40.2. The van der Waals surface area contributed by atoms with E-state index in [0.717, 1.165) is 120 Å². The molecule has 0 fully saturated rings. The molecule has 8 nitrogen and oxygen atoms in total. The normalized spacial score (nSPS) is 12.2. The first-order valence-corrected chi connectivity index (χ1v) is 25.3. The van der Waals surface area contributed by atoms with Gasteiger partial charge in [0.1, 0.15) is 34.5 Å². The van der Waals surface area contributed by atoms with E-state index in [2.05, 4.69) is 147 Å². The van der Waals surface area contributed by atoms with E-state index in [0.29, 0.717) is 44.9 Å². The molecule has 17 rings (SSSR count). The third-order valence-corrected chi connectivity index (χ3v) is 15.9. The fourth-order valence-corrected chi connectivity index (χ4v) is 12.9. The zero-order chi connectivity index (χ0) is 49.9. The summed E-state index contributed by atoms with van der Waals surface area (Å²) >= 11 is 0. The Kier molecular flexibility index (Phi) is 7.99. The number of hydrogen-bond donors (Lipinski definition) is 0. The second kappa shape index (κ2) is 14.9. The SMILES string of the molecule is N#Cc1c(-c2ccccc2)c(-n2c3ccccc3c3ccc4c5ccccc5oc4c32)c(-n2c3ccccc3c3ccc4c5ccccc5oc4c32)c(C#N)c1-n1c2ccccc2c2ccc3c4ccccc4oc3c21. The van der Waals surface area contributed by atoms with Gasteiger partial charge in [0.2, 0.25) is 0 Å². The van der Waals surface area contributed by atoms with Crippen molar-refractivity contribution in [2.24, 2.45) is 0 Å². The van der Waals surface area contributed by atoms with E-state index < -0.39 is 0 Å². The molecule has 0 unspecified atom stereocenters. The van der Waals surface area contributed by atoms with Crippen LogP contribution in [-0.2, 0) is 0 Å². The third kappa shape index (κ3) is 5.14. The van der Waals surface area contributed by atoms with E-state index >= 15 is 0 Å². The standard InChI is InChI=1S/C68H35N5O3/c69-36-51-59(38-16-2-1-3-17-38)65(73-55-26-12-6-20-41(55)47-32-35-50-44-23-9-15-29-58(44)76-68(50)64(47)73)61(72-54-25-11-5-19-40(54)46-31-34-49-43-22-8-14-28-57(43)75-67(49)63(46)72)52(37-70)60(51)71-53-24-10-4-18-39(53)45-30-33-48-42-21-7-13-27-56(42)74-66(48)62(45)71/h1-35H. The Morgan fingerprint density at radius 2 is 0.605 bits per heavy atom. The quantitative estimate of drug-likeness (QED) is 0.175. The molecule has 0 saturated carbocycles. The number of furan rings is 3. The van der Waals surface area contributed by atoms with E-state index in [4.69, 9.17) is 13.3 Å². The van der Waals surface area contributed by atoms with Crippen LogP contribution in [0.5, 0.6) is 0 Å². The van der Waals surface area contributed by atoms with Gasteiger partial charge in [-0.05, 0) is 60.2 Å². The number of nitrogens with zero attached hydrogens (tertiary/aromatic N) is 5. The van der Waals surface area contributed by atoms with Crippen LogP contribution in [-0.4, -0.2) is 13.7 Å². The van der Waals surface area contributed by atoms with E-state index in [1.54, 1.807) is 0 Å². The molecular weight excluding hydrogens is 935 g/mol. The van der Waals surface area contributed by atoms with Crippen LogP contribution in [0.25, 0.3) is 159 Å². The molecule has 0 aliphatic heterocycles. The smallest absolute Gasteiger partial charge is 0.160 e. The molecule has 0 amide bonds. The fraction of sp³-hybridized carbons (Fsp3) is 0. The maximum atomic E-state index is 12.7. The van der Waals surface area contributed by atoms with Crippen LogP contribution >= 0.6 is 0 Å². The summed E-state index contributed by atoms with van der Waals surface area (Å²) in [4.78, 5) is 0. The average Bonchev–Trinajstić information content (AvgIpc) is 4.51. The van der Waals surface area contributed by atoms with E-state index in [1.807, 2.05) is 91.0 Å². The van der Waals surface area contributed by atoms with Crippen molar-refractivity contribution in [1.29, 1.82) is 10.5 Å². The lowest BCUT2D eigenvalue weighted by Crippen LogP contribution is -2.14. The van der Waals surface area contributed by atoms with Gasteiger partial charge < -0.3 is 27.0 Å². The van der Waals surface area contributed by atoms with Gasteiger partial charge in [-0.2, -0.15) is 10.5 Å². The molecule has 0 radical (unpaired) electrons. The predicted molar refractivity (Wildman–Crippen MR) is 306 cm³/mol. The van der Waals surface area contributed by atoms with Crippen LogP contribution in [0.3, 0.4) is 0 Å². The van der Waals surface area contributed by atoms with Crippen molar-refractivity contribution in [1.82, 2.24) is 13.7 Å². The molecule has 8 heteroatoms. The molecule has 11 aromatic carbocycles. The van der Waals surface area contributed by atoms with Crippen molar-refractivity contribution in [3.63, 3.8) is 0 Å². The van der Waals surface area contributed by atoms with Crippen molar-refractivity contribution >= 4 is 131 Å². The van der Waals surface area contributed by atoms with Gasteiger partial charge >= 0.3 is 0 Å². The summed E-state index contributed by atoms with van der Waals surface area (Å²) in [7, 11) is 0. The first-order chi connectivity index (χ1) is 37.7. The lowest BCUT2D eigenvalue weighted by atomic mass is 9.91. The Morgan fingerprint density at radius 1 is 0.276 bits per heavy atom. The number of nitriles is 2. The van der Waals surface area contributed by atoms with Crippen molar-refractivity contribution in [2.45, 2.75) is 0 Å². The highest BCUT2D eigenvalue weighted by molar-refractivity contribution is 6.26. The maximum Gasteiger partial charge on any atom is 0.160 e. The van der Waals surface area contributed by atoms with Gasteiger partial charge in [0, 0.05) is 70.2 Å². The number of fused-ring (bicyclic) bond motifs is 21. The molecule has 76 heavy (non-hydrogen) atoms. The second-order valence-electron chi connectivity index (χ2n) is 19.6. The van der Waals surface area contributed by atoms with Crippen molar-refractivity contribution in [3.05, 3.63) is 223 Å². The molecule has 350 valence electrons. The number of rotatable bonds is 4. The fourth-order valence-electron chi connectivity index (χ4n) is 12.9. The molecular formula is C68H35N5O3. The van der Waals surface area contributed by atoms with Crippen LogP contribution < -0.4 is 0 Å². The highest BCUT2D eigenvalue weighted by Crippen LogP contribution is 2.52. The van der Waals surface area contributed by atoms with E-state index in [1.165, 1.54) is 0 Å². The highest BCUT2D eigenvalue weighted by Gasteiger charge is 2.35. The highest BCUT2D eigenvalue weighted by atomic mass is 16.3. The molecule has 0 spiro atoms. The Balaban J connectivity index is 1.19. The van der Waals surface area contributed by atoms with Crippen LogP contribution in [0, 0.1) is 22.7 Å². The maximum absolute atomic E-state index is 12.7. The average molecular weight is 970 g/mol. The number of hydrogen-bond acceptors (Lipinski definition) is 5. The first-order valence-electron chi connectivity index (χ1n) is 25.3. The molecule has 6 aromatic heterocycles. The van der Waals surface area contributed by atoms with Crippen LogP contribution in [0.2, 0.25) is 0 Å². The van der Waals surface area contributed by atoms with Gasteiger partial charge in [-0.3, -0.25) is 0 Å². The molecule has 0 saturated heterocycles. The molecule has 17 aromatic rings. The minimum atomic E-state index is 0.278. The predicted octanol–water partition coefficient (Wildman–Crippen LogP) is 18.1. The molecule has 0 N–H and O–H groups in total. The summed E-state index contributed by atoms with van der Waals surface area (Å²) in [5.41, 5.74) is 12.8. The van der Waals surface area contributed by atoms with Gasteiger partial charge in [-0.25, -0.2) is 0 Å². The van der Waals surface area contributed by atoms with Crippen LogP contribution in [0.4, 0.5) is 0 Å². The van der Waals surface area contributed by atoms with Gasteiger partial charge in [-0.15, -0.1) is 0 Å². The van der Waals surface area contributed by atoms with Gasteiger partial charge in [-0.1, -0.05) is 158 Å². The van der Waals surface area contributed by atoms with Crippen molar-refractivity contribution in [3.8, 4) is 40.3 Å². The summed E-state index contributed by atoms with van der Waals surface area (Å²) in [6.45, 7) is 0. The summed E-state index contributed by atoms with van der Waals surface area (Å²) < 4.78 is 27.7. The minimum absolute atomic E-state index is 0.278.